The second kappa shape index (κ2) is 4.67. The number of hydrogen-bond donors (Lipinski definition) is 2. The van der Waals surface area contributed by atoms with Gasteiger partial charge in [-0.15, -0.1) is 0 Å². The third-order valence-corrected chi connectivity index (χ3v) is 4.16. The lowest BCUT2D eigenvalue weighted by atomic mass is 9.63. The van der Waals surface area contributed by atoms with Crippen LogP contribution in [-0.2, 0) is 0 Å². The lowest BCUT2D eigenvalue weighted by molar-refractivity contribution is -0.0261. The van der Waals surface area contributed by atoms with Crippen molar-refractivity contribution in [1.82, 2.24) is 0 Å². The second-order valence-corrected chi connectivity index (χ2v) is 5.19. The number of furan rings is 1. The van der Waals surface area contributed by atoms with Crippen molar-refractivity contribution >= 4 is 0 Å². The van der Waals surface area contributed by atoms with E-state index in [2.05, 4.69) is 6.08 Å². The summed E-state index contributed by atoms with van der Waals surface area (Å²) in [6, 6.07) is 1.79. The van der Waals surface area contributed by atoms with Gasteiger partial charge in [-0.1, -0.05) is 18.6 Å². The van der Waals surface area contributed by atoms with E-state index < -0.39 is 6.10 Å². The Morgan fingerprint density at radius 1 is 1.59 bits per heavy atom. The van der Waals surface area contributed by atoms with E-state index in [9.17, 15) is 10.2 Å². The topological polar surface area (TPSA) is 53.6 Å². The summed E-state index contributed by atoms with van der Waals surface area (Å²) in [6.45, 7) is 4.15. The molecule has 3 unspecified atom stereocenters. The Hall–Kier alpha value is -1.06. The Kier molecular flexibility index (Phi) is 3.40. The van der Waals surface area contributed by atoms with Gasteiger partial charge in [-0.25, -0.2) is 0 Å². The quantitative estimate of drug-likeness (QED) is 0.793. The highest BCUT2D eigenvalue weighted by Crippen LogP contribution is 2.49. The van der Waals surface area contributed by atoms with Crippen molar-refractivity contribution in [3.8, 4) is 0 Å². The molecule has 1 heterocycles. The van der Waals surface area contributed by atoms with E-state index in [0.717, 1.165) is 18.4 Å². The van der Waals surface area contributed by atoms with Crippen LogP contribution in [0.4, 0.5) is 0 Å². The smallest absolute Gasteiger partial charge is 0.0960 e. The average molecular weight is 236 g/mol. The maximum atomic E-state index is 10.5. The number of rotatable bonds is 3. The van der Waals surface area contributed by atoms with Gasteiger partial charge in [0.1, 0.15) is 0 Å². The van der Waals surface area contributed by atoms with E-state index in [1.807, 2.05) is 13.8 Å². The first-order valence-electron chi connectivity index (χ1n) is 6.07. The Morgan fingerprint density at radius 3 is 2.94 bits per heavy atom. The van der Waals surface area contributed by atoms with Gasteiger partial charge in [0, 0.05) is 16.9 Å². The molecule has 0 radical (unpaired) electrons. The molecular weight excluding hydrogens is 216 g/mol. The zero-order chi connectivity index (χ0) is 12.5. The zero-order valence-electron chi connectivity index (χ0n) is 10.4. The summed E-state index contributed by atoms with van der Waals surface area (Å²) in [7, 11) is 0. The highest BCUT2D eigenvalue weighted by Gasteiger charge is 2.43. The summed E-state index contributed by atoms with van der Waals surface area (Å²) in [6.07, 6.45) is 6.54. The van der Waals surface area contributed by atoms with Crippen LogP contribution in [-0.4, -0.2) is 16.8 Å². The lowest BCUT2D eigenvalue weighted by Crippen LogP contribution is -2.38. The maximum absolute atomic E-state index is 10.5. The second-order valence-electron chi connectivity index (χ2n) is 5.19. The molecule has 0 spiro atoms. The largest absolute Gasteiger partial charge is 0.472 e. The molecule has 0 amide bonds. The van der Waals surface area contributed by atoms with E-state index in [0.29, 0.717) is 0 Å². The standard InChI is InChI=1S/C14H20O3/c1-10-4-3-6-14(2,12(10)8-15)13(16)11-5-7-17-9-11/h4-5,7,9,12-13,15-16H,3,6,8H2,1-2H3. The van der Waals surface area contributed by atoms with Gasteiger partial charge in [-0.2, -0.15) is 0 Å². The first kappa shape index (κ1) is 12.4. The van der Waals surface area contributed by atoms with Gasteiger partial charge in [0.2, 0.25) is 0 Å². The Balaban J connectivity index is 2.31. The molecular formula is C14H20O3. The highest BCUT2D eigenvalue weighted by molar-refractivity contribution is 5.20. The fourth-order valence-electron chi connectivity index (χ4n) is 2.94. The molecule has 0 aliphatic heterocycles. The summed E-state index contributed by atoms with van der Waals surface area (Å²) in [5.41, 5.74) is 1.64. The van der Waals surface area contributed by atoms with E-state index in [4.69, 9.17) is 4.42 Å². The molecule has 1 aliphatic carbocycles. The lowest BCUT2D eigenvalue weighted by Gasteiger charge is -2.43. The van der Waals surface area contributed by atoms with Gasteiger partial charge < -0.3 is 14.6 Å². The third-order valence-electron chi connectivity index (χ3n) is 4.16. The van der Waals surface area contributed by atoms with Gasteiger partial charge in [0.15, 0.2) is 0 Å². The van der Waals surface area contributed by atoms with Gasteiger partial charge in [-0.05, 0) is 25.8 Å². The van der Waals surface area contributed by atoms with Gasteiger partial charge in [-0.3, -0.25) is 0 Å². The average Bonchev–Trinajstić information content (AvgIpc) is 2.81. The molecule has 0 aromatic carbocycles. The molecule has 3 heteroatoms. The van der Waals surface area contributed by atoms with Crippen molar-refractivity contribution in [2.24, 2.45) is 11.3 Å². The molecule has 1 aromatic rings. The van der Waals surface area contributed by atoms with Crippen molar-refractivity contribution in [2.45, 2.75) is 32.8 Å². The van der Waals surface area contributed by atoms with E-state index in [1.54, 1.807) is 18.6 Å². The number of allylic oxidation sites excluding steroid dienone is 1. The maximum Gasteiger partial charge on any atom is 0.0960 e. The Morgan fingerprint density at radius 2 is 2.35 bits per heavy atom. The normalized spacial score (nSPS) is 31.1. The minimum absolute atomic E-state index is 0.0150. The van der Waals surface area contributed by atoms with Crippen LogP contribution in [0.15, 0.2) is 34.7 Å². The highest BCUT2D eigenvalue weighted by atomic mass is 16.3. The van der Waals surface area contributed by atoms with Crippen LogP contribution in [0.25, 0.3) is 0 Å². The first-order valence-corrected chi connectivity index (χ1v) is 6.07. The van der Waals surface area contributed by atoms with Crippen molar-refractivity contribution in [3.63, 3.8) is 0 Å². The summed E-state index contributed by atoms with van der Waals surface area (Å²) in [5, 5.41) is 20.1. The molecule has 0 bridgehead atoms. The van der Waals surface area contributed by atoms with Crippen LogP contribution in [0.2, 0.25) is 0 Å². The van der Waals surface area contributed by atoms with E-state index >= 15 is 0 Å². The monoisotopic (exact) mass is 236 g/mol. The van der Waals surface area contributed by atoms with Crippen LogP contribution >= 0.6 is 0 Å². The Bertz CT molecular complexity index is 394. The van der Waals surface area contributed by atoms with Crippen LogP contribution < -0.4 is 0 Å². The molecule has 2 N–H and O–H groups in total. The predicted octanol–water partition coefficient (Wildman–Crippen LogP) is 2.67. The molecule has 1 aromatic heterocycles. The predicted molar refractivity (Wildman–Crippen MR) is 65.3 cm³/mol. The zero-order valence-corrected chi connectivity index (χ0v) is 10.4. The summed E-state index contributed by atoms with van der Waals surface area (Å²) in [5.74, 6) is 0.0150. The number of aliphatic hydroxyl groups is 2. The van der Waals surface area contributed by atoms with E-state index in [-0.39, 0.29) is 17.9 Å². The minimum atomic E-state index is -0.595. The number of aliphatic hydroxyl groups excluding tert-OH is 2. The molecule has 0 saturated carbocycles. The van der Waals surface area contributed by atoms with Crippen molar-refractivity contribution in [3.05, 3.63) is 35.8 Å². The van der Waals surface area contributed by atoms with Crippen LogP contribution in [0.1, 0.15) is 38.4 Å². The van der Waals surface area contributed by atoms with Crippen molar-refractivity contribution in [1.29, 1.82) is 0 Å². The fourth-order valence-corrected chi connectivity index (χ4v) is 2.94. The van der Waals surface area contributed by atoms with Crippen LogP contribution in [0.5, 0.6) is 0 Å². The van der Waals surface area contributed by atoms with Crippen molar-refractivity contribution < 1.29 is 14.6 Å². The Labute approximate surface area is 102 Å². The molecule has 0 fully saturated rings. The summed E-state index contributed by atoms with van der Waals surface area (Å²) >= 11 is 0. The van der Waals surface area contributed by atoms with Crippen molar-refractivity contribution in [2.75, 3.05) is 6.61 Å². The first-order chi connectivity index (χ1) is 8.09. The fraction of sp³-hybridized carbons (Fsp3) is 0.571. The molecule has 3 atom stereocenters. The third kappa shape index (κ3) is 2.05. The van der Waals surface area contributed by atoms with Crippen LogP contribution in [0, 0.1) is 11.3 Å². The molecule has 94 valence electrons. The molecule has 2 rings (SSSR count). The SMILES string of the molecule is CC1=CCCC(C)(C(O)c2ccoc2)C1CO. The van der Waals surface area contributed by atoms with Gasteiger partial charge in [0.25, 0.3) is 0 Å². The summed E-state index contributed by atoms with van der Waals surface area (Å²) in [4.78, 5) is 0. The minimum Gasteiger partial charge on any atom is -0.472 e. The molecule has 3 nitrogen and oxygen atoms in total. The van der Waals surface area contributed by atoms with E-state index in [1.165, 1.54) is 5.57 Å². The molecule has 17 heavy (non-hydrogen) atoms. The van der Waals surface area contributed by atoms with Crippen LogP contribution in [0.3, 0.4) is 0 Å². The van der Waals surface area contributed by atoms with Gasteiger partial charge in [0.05, 0.1) is 25.2 Å². The molecule has 1 aliphatic rings. The number of hydrogen-bond acceptors (Lipinski definition) is 3. The van der Waals surface area contributed by atoms with Gasteiger partial charge >= 0.3 is 0 Å². The molecule has 0 saturated heterocycles. The summed E-state index contributed by atoms with van der Waals surface area (Å²) < 4.78 is 5.03.